The standard InChI is InChI=1S/C22H25Br2NO6/c1-12(2)15-11-14(4-5-19(15)30-3)31-21-16(23)8-13(9-17(21)24)10-20(27)25-18(6-7-26)22(28)29/h4-5,8-9,11-12,18,26H,6-7,10H2,1-3H3,(H,25,27)(H,28,29)/t18-/m0/s1. The normalized spacial score (nSPS) is 11.8. The molecule has 0 bridgehead atoms. The van der Waals surface area contributed by atoms with Crippen molar-refractivity contribution in [2.75, 3.05) is 13.7 Å². The Balaban J connectivity index is 2.18. The van der Waals surface area contributed by atoms with Gasteiger partial charge in [0.25, 0.3) is 0 Å². The summed E-state index contributed by atoms with van der Waals surface area (Å²) in [7, 11) is 1.63. The number of aliphatic hydroxyl groups excluding tert-OH is 1. The van der Waals surface area contributed by atoms with E-state index in [1.807, 2.05) is 18.2 Å². The van der Waals surface area contributed by atoms with Crippen molar-refractivity contribution in [1.29, 1.82) is 0 Å². The molecule has 2 rings (SSSR count). The Morgan fingerprint density at radius 2 is 1.77 bits per heavy atom. The molecule has 0 heterocycles. The second kappa shape index (κ2) is 11.5. The summed E-state index contributed by atoms with van der Waals surface area (Å²) in [5.74, 6) is 0.602. The molecule has 0 fully saturated rings. The van der Waals surface area contributed by atoms with Gasteiger partial charge < -0.3 is 25.0 Å². The largest absolute Gasteiger partial charge is 0.496 e. The van der Waals surface area contributed by atoms with Gasteiger partial charge in [0.15, 0.2) is 5.75 Å². The minimum absolute atomic E-state index is 0.0211. The fourth-order valence-corrected chi connectivity index (χ4v) is 4.42. The predicted octanol–water partition coefficient (Wildman–Crippen LogP) is 4.63. The number of carboxylic acids is 1. The molecule has 1 amide bonds. The van der Waals surface area contributed by atoms with Gasteiger partial charge in [-0.1, -0.05) is 13.8 Å². The van der Waals surface area contributed by atoms with Gasteiger partial charge in [-0.05, 0) is 73.7 Å². The van der Waals surface area contributed by atoms with E-state index in [2.05, 4.69) is 51.0 Å². The van der Waals surface area contributed by atoms with Crippen molar-refractivity contribution in [3.05, 3.63) is 50.4 Å². The molecule has 0 unspecified atom stereocenters. The molecule has 31 heavy (non-hydrogen) atoms. The summed E-state index contributed by atoms with van der Waals surface area (Å²) in [4.78, 5) is 23.4. The lowest BCUT2D eigenvalue weighted by Gasteiger charge is -2.16. The first kappa shape index (κ1) is 25.2. The van der Waals surface area contributed by atoms with Crippen LogP contribution in [0.5, 0.6) is 17.2 Å². The van der Waals surface area contributed by atoms with Crippen molar-refractivity contribution in [3.8, 4) is 17.2 Å². The number of carboxylic acid groups (broad SMARTS) is 1. The molecule has 0 saturated heterocycles. The van der Waals surface area contributed by atoms with Crippen molar-refractivity contribution in [2.24, 2.45) is 0 Å². The van der Waals surface area contributed by atoms with Gasteiger partial charge in [0, 0.05) is 18.6 Å². The van der Waals surface area contributed by atoms with E-state index in [-0.39, 0.29) is 25.4 Å². The molecule has 1 atom stereocenters. The van der Waals surface area contributed by atoms with Crippen LogP contribution in [0.3, 0.4) is 0 Å². The van der Waals surface area contributed by atoms with Crippen molar-refractivity contribution in [1.82, 2.24) is 5.32 Å². The Kier molecular flexibility index (Phi) is 9.33. The molecule has 7 nitrogen and oxygen atoms in total. The summed E-state index contributed by atoms with van der Waals surface area (Å²) in [5, 5.41) is 20.5. The number of carbonyl (C=O) groups excluding carboxylic acids is 1. The summed E-state index contributed by atoms with van der Waals surface area (Å²) in [6.07, 6.45) is -0.0752. The van der Waals surface area contributed by atoms with Gasteiger partial charge in [-0.25, -0.2) is 4.79 Å². The van der Waals surface area contributed by atoms with Crippen LogP contribution in [0.4, 0.5) is 0 Å². The third-order valence-electron chi connectivity index (χ3n) is 4.52. The molecule has 2 aromatic carbocycles. The number of methoxy groups -OCH3 is 1. The number of hydrogen-bond donors (Lipinski definition) is 3. The SMILES string of the molecule is COc1ccc(Oc2c(Br)cc(CC(=O)N[C@@H](CCO)C(=O)O)cc2Br)cc1C(C)C. The topological polar surface area (TPSA) is 105 Å². The molecule has 0 aromatic heterocycles. The zero-order chi connectivity index (χ0) is 23.1. The molecule has 3 N–H and O–H groups in total. The van der Waals surface area contributed by atoms with E-state index in [4.69, 9.17) is 19.7 Å². The molecule has 0 aliphatic carbocycles. The minimum Gasteiger partial charge on any atom is -0.496 e. The first-order valence-electron chi connectivity index (χ1n) is 9.63. The highest BCUT2D eigenvalue weighted by Crippen LogP contribution is 2.39. The molecular formula is C22H25Br2NO6. The first-order chi connectivity index (χ1) is 14.7. The van der Waals surface area contributed by atoms with Gasteiger partial charge in [0.2, 0.25) is 5.91 Å². The van der Waals surface area contributed by atoms with E-state index in [0.717, 1.165) is 11.3 Å². The number of halogens is 2. The van der Waals surface area contributed by atoms with Gasteiger partial charge in [-0.3, -0.25) is 4.79 Å². The van der Waals surface area contributed by atoms with Crippen molar-refractivity contribution >= 4 is 43.7 Å². The average Bonchev–Trinajstić information content (AvgIpc) is 2.70. The molecule has 0 spiro atoms. The van der Waals surface area contributed by atoms with Crippen molar-refractivity contribution in [2.45, 2.75) is 38.6 Å². The van der Waals surface area contributed by atoms with Crippen molar-refractivity contribution < 1.29 is 29.3 Å². The predicted molar refractivity (Wildman–Crippen MR) is 124 cm³/mol. The van der Waals surface area contributed by atoms with Crippen LogP contribution in [0, 0.1) is 0 Å². The lowest BCUT2D eigenvalue weighted by Crippen LogP contribution is -2.42. The van der Waals surface area contributed by atoms with Crippen molar-refractivity contribution in [3.63, 3.8) is 0 Å². The second-order valence-corrected chi connectivity index (χ2v) is 8.91. The van der Waals surface area contributed by atoms with E-state index in [1.165, 1.54) is 0 Å². The van der Waals surface area contributed by atoms with Crippen LogP contribution in [-0.2, 0) is 16.0 Å². The molecule has 9 heteroatoms. The number of rotatable bonds is 10. The maximum Gasteiger partial charge on any atom is 0.326 e. The van der Waals surface area contributed by atoms with Gasteiger partial charge in [0.05, 0.1) is 22.5 Å². The van der Waals surface area contributed by atoms with Crippen LogP contribution in [0.25, 0.3) is 0 Å². The maximum atomic E-state index is 12.2. The summed E-state index contributed by atoms with van der Waals surface area (Å²) < 4.78 is 12.7. The van der Waals surface area contributed by atoms with Crippen LogP contribution in [0.15, 0.2) is 39.3 Å². The Morgan fingerprint density at radius 1 is 1.13 bits per heavy atom. The molecule has 0 saturated carbocycles. The monoisotopic (exact) mass is 557 g/mol. The molecule has 0 aliphatic rings. The smallest absolute Gasteiger partial charge is 0.326 e. The van der Waals surface area contributed by atoms with Crippen LogP contribution < -0.4 is 14.8 Å². The Bertz CT molecular complexity index is 925. The van der Waals surface area contributed by atoms with E-state index < -0.39 is 17.9 Å². The number of carbonyl (C=O) groups is 2. The molecule has 2 aromatic rings. The molecule has 0 radical (unpaired) electrons. The first-order valence-corrected chi connectivity index (χ1v) is 11.2. The third kappa shape index (κ3) is 6.95. The number of amides is 1. The number of nitrogens with one attached hydrogen (secondary N) is 1. The summed E-state index contributed by atoms with van der Waals surface area (Å²) in [6.45, 7) is 3.82. The second-order valence-electron chi connectivity index (χ2n) is 7.20. The van der Waals surface area contributed by atoms with E-state index in [1.54, 1.807) is 19.2 Å². The van der Waals surface area contributed by atoms with Crippen LogP contribution in [0.1, 0.15) is 37.3 Å². The minimum atomic E-state index is -1.19. The Labute approximate surface area is 198 Å². The van der Waals surface area contributed by atoms with Gasteiger partial charge in [-0.15, -0.1) is 0 Å². The molecular weight excluding hydrogens is 534 g/mol. The fraction of sp³-hybridized carbons (Fsp3) is 0.364. The molecule has 0 aliphatic heterocycles. The van der Waals surface area contributed by atoms with E-state index in [0.29, 0.717) is 26.0 Å². The quantitative estimate of drug-likeness (QED) is 0.392. The van der Waals surface area contributed by atoms with Gasteiger partial charge >= 0.3 is 5.97 Å². The molecule has 168 valence electrons. The number of hydrogen-bond acceptors (Lipinski definition) is 5. The zero-order valence-corrected chi connectivity index (χ0v) is 20.6. The highest BCUT2D eigenvalue weighted by Gasteiger charge is 2.20. The van der Waals surface area contributed by atoms with Crippen LogP contribution in [-0.4, -0.2) is 41.8 Å². The summed E-state index contributed by atoms with van der Waals surface area (Å²) in [6, 6.07) is 7.96. The maximum absolute atomic E-state index is 12.2. The summed E-state index contributed by atoms with van der Waals surface area (Å²) >= 11 is 6.96. The number of aliphatic carboxylic acids is 1. The van der Waals surface area contributed by atoms with Crippen LogP contribution in [0.2, 0.25) is 0 Å². The highest BCUT2D eigenvalue weighted by atomic mass is 79.9. The Morgan fingerprint density at radius 3 is 2.29 bits per heavy atom. The van der Waals surface area contributed by atoms with E-state index in [9.17, 15) is 9.59 Å². The lowest BCUT2D eigenvalue weighted by atomic mass is 10.0. The van der Waals surface area contributed by atoms with E-state index >= 15 is 0 Å². The Hall–Kier alpha value is -2.10. The number of ether oxygens (including phenoxy) is 2. The lowest BCUT2D eigenvalue weighted by molar-refractivity contribution is -0.142. The number of benzene rings is 2. The zero-order valence-electron chi connectivity index (χ0n) is 17.4. The van der Waals surface area contributed by atoms with Crippen LogP contribution >= 0.6 is 31.9 Å². The summed E-state index contributed by atoms with van der Waals surface area (Å²) in [5.41, 5.74) is 1.69. The fourth-order valence-electron chi connectivity index (χ4n) is 2.97. The average molecular weight is 559 g/mol. The van der Waals surface area contributed by atoms with Gasteiger partial charge in [0.1, 0.15) is 17.5 Å². The van der Waals surface area contributed by atoms with Gasteiger partial charge in [-0.2, -0.15) is 0 Å². The highest BCUT2D eigenvalue weighted by molar-refractivity contribution is 9.11. The third-order valence-corrected chi connectivity index (χ3v) is 5.70. The number of aliphatic hydroxyl groups is 1.